The average molecular weight is 253 g/mol. The topological polar surface area (TPSA) is 51.0 Å². The highest BCUT2D eigenvalue weighted by molar-refractivity contribution is 5.83. The van der Waals surface area contributed by atoms with Gasteiger partial charge in [0, 0.05) is 18.0 Å². The van der Waals surface area contributed by atoms with E-state index in [1.807, 2.05) is 51.2 Å². The Hall–Kier alpha value is -2.36. The van der Waals surface area contributed by atoms with Crippen molar-refractivity contribution in [3.63, 3.8) is 0 Å². The van der Waals surface area contributed by atoms with Crippen LogP contribution in [0.1, 0.15) is 11.4 Å². The normalized spacial score (nSPS) is 10.9. The second-order valence-corrected chi connectivity index (χ2v) is 4.49. The summed E-state index contributed by atoms with van der Waals surface area (Å²) in [7, 11) is 1.86. The molecule has 0 saturated heterocycles. The number of anilines is 1. The van der Waals surface area contributed by atoms with Crippen LogP contribution in [0.4, 0.5) is 5.82 Å². The van der Waals surface area contributed by atoms with Gasteiger partial charge in [0.25, 0.3) is 0 Å². The molecule has 0 aliphatic heterocycles. The number of fused-ring (bicyclic) bond motifs is 1. The number of rotatable bonds is 2. The van der Waals surface area contributed by atoms with E-state index in [4.69, 9.17) is 4.42 Å². The number of nitrogens with zero attached hydrogens (tertiary/aromatic N) is 2. The van der Waals surface area contributed by atoms with Crippen LogP contribution in [0.5, 0.6) is 0 Å². The number of hydrogen-bond acceptors (Lipinski definition) is 4. The van der Waals surface area contributed by atoms with Crippen LogP contribution in [-0.2, 0) is 0 Å². The van der Waals surface area contributed by atoms with Gasteiger partial charge in [-0.15, -0.1) is 0 Å². The van der Waals surface area contributed by atoms with Crippen molar-refractivity contribution in [2.24, 2.45) is 0 Å². The molecule has 0 amide bonds. The zero-order valence-electron chi connectivity index (χ0n) is 11.2. The first-order chi connectivity index (χ1) is 9.19. The number of furan rings is 1. The Bertz CT molecular complexity index is 713. The summed E-state index contributed by atoms with van der Waals surface area (Å²) >= 11 is 0. The van der Waals surface area contributed by atoms with Crippen LogP contribution in [0, 0.1) is 13.8 Å². The van der Waals surface area contributed by atoms with Gasteiger partial charge >= 0.3 is 0 Å². The Morgan fingerprint density at radius 2 is 1.89 bits per heavy atom. The molecule has 3 aromatic rings. The maximum absolute atomic E-state index is 5.87. The Kier molecular flexibility index (Phi) is 2.71. The van der Waals surface area contributed by atoms with E-state index in [-0.39, 0.29) is 0 Å². The van der Waals surface area contributed by atoms with Gasteiger partial charge in [-0.1, -0.05) is 18.2 Å². The molecule has 19 heavy (non-hydrogen) atoms. The Morgan fingerprint density at radius 1 is 1.11 bits per heavy atom. The van der Waals surface area contributed by atoms with Crippen LogP contribution < -0.4 is 5.32 Å². The van der Waals surface area contributed by atoms with Gasteiger partial charge in [0.2, 0.25) is 0 Å². The van der Waals surface area contributed by atoms with Crippen LogP contribution in [0.25, 0.3) is 22.4 Å². The average Bonchev–Trinajstić information content (AvgIpc) is 2.84. The summed E-state index contributed by atoms with van der Waals surface area (Å²) in [6.45, 7) is 3.88. The molecule has 1 N–H and O–H groups in total. The second kappa shape index (κ2) is 4.39. The fourth-order valence-corrected chi connectivity index (χ4v) is 2.21. The lowest BCUT2D eigenvalue weighted by Gasteiger charge is -2.08. The molecule has 0 bridgehead atoms. The third-order valence-electron chi connectivity index (χ3n) is 3.15. The fourth-order valence-electron chi connectivity index (χ4n) is 2.21. The summed E-state index contributed by atoms with van der Waals surface area (Å²) in [5, 5.41) is 4.17. The molecule has 1 aromatic carbocycles. The van der Waals surface area contributed by atoms with Crippen molar-refractivity contribution >= 4 is 16.8 Å². The number of hydrogen-bond donors (Lipinski definition) is 1. The number of nitrogens with one attached hydrogen (secondary N) is 1. The van der Waals surface area contributed by atoms with E-state index in [0.717, 1.165) is 39.6 Å². The molecule has 0 aliphatic rings. The van der Waals surface area contributed by atoms with Gasteiger partial charge in [-0.3, -0.25) is 0 Å². The van der Waals surface area contributed by atoms with Gasteiger partial charge in [0.1, 0.15) is 22.9 Å². The Balaban J connectivity index is 2.23. The van der Waals surface area contributed by atoms with Gasteiger partial charge in [-0.25, -0.2) is 9.97 Å². The molecule has 2 heterocycles. The molecule has 2 aromatic heterocycles. The lowest BCUT2D eigenvalue weighted by atomic mass is 10.1. The van der Waals surface area contributed by atoms with E-state index in [0.29, 0.717) is 0 Å². The largest absolute Gasteiger partial charge is 0.454 e. The van der Waals surface area contributed by atoms with E-state index in [2.05, 4.69) is 15.3 Å². The zero-order valence-corrected chi connectivity index (χ0v) is 11.2. The second-order valence-electron chi connectivity index (χ2n) is 4.49. The molecule has 4 nitrogen and oxygen atoms in total. The van der Waals surface area contributed by atoms with Gasteiger partial charge < -0.3 is 9.73 Å². The molecule has 0 radical (unpaired) electrons. The van der Waals surface area contributed by atoms with Gasteiger partial charge in [-0.05, 0) is 26.0 Å². The van der Waals surface area contributed by atoms with E-state index in [1.165, 1.54) is 0 Å². The van der Waals surface area contributed by atoms with Crippen LogP contribution in [0.3, 0.4) is 0 Å². The lowest BCUT2D eigenvalue weighted by Crippen LogP contribution is -2.02. The Labute approximate surface area is 111 Å². The number of benzene rings is 1. The third-order valence-corrected chi connectivity index (χ3v) is 3.15. The first-order valence-corrected chi connectivity index (χ1v) is 6.21. The first kappa shape index (κ1) is 11.7. The predicted octanol–water partition coefficient (Wildman–Crippen LogP) is 3.55. The summed E-state index contributed by atoms with van der Waals surface area (Å²) < 4.78 is 5.87. The number of aromatic nitrogens is 2. The quantitative estimate of drug-likeness (QED) is 0.758. The summed E-state index contributed by atoms with van der Waals surface area (Å²) in [5.41, 5.74) is 2.71. The monoisotopic (exact) mass is 253 g/mol. The van der Waals surface area contributed by atoms with Crippen LogP contribution in [0.2, 0.25) is 0 Å². The maximum Gasteiger partial charge on any atom is 0.154 e. The highest BCUT2D eigenvalue weighted by atomic mass is 16.3. The lowest BCUT2D eigenvalue weighted by molar-refractivity contribution is 0.627. The molecule has 4 heteroatoms. The standard InChI is InChI=1S/C15H15N3O/c1-9-14(17-10(2)18-15(9)16-3)13-8-11-6-4-5-7-12(11)19-13/h4-8H,1-3H3,(H,16,17,18). The minimum atomic E-state index is 0.727. The molecule has 0 fully saturated rings. The maximum atomic E-state index is 5.87. The van der Waals surface area contributed by atoms with E-state index < -0.39 is 0 Å². The van der Waals surface area contributed by atoms with Crippen LogP contribution >= 0.6 is 0 Å². The van der Waals surface area contributed by atoms with Crippen molar-refractivity contribution in [2.75, 3.05) is 12.4 Å². The Morgan fingerprint density at radius 3 is 2.63 bits per heavy atom. The highest BCUT2D eigenvalue weighted by Gasteiger charge is 2.14. The fraction of sp³-hybridized carbons (Fsp3) is 0.200. The third kappa shape index (κ3) is 1.95. The molecular formula is C15H15N3O. The molecular weight excluding hydrogens is 238 g/mol. The number of para-hydroxylation sites is 1. The number of aryl methyl sites for hydroxylation is 1. The van der Waals surface area contributed by atoms with Crippen LogP contribution in [0.15, 0.2) is 34.7 Å². The highest BCUT2D eigenvalue weighted by Crippen LogP contribution is 2.30. The smallest absolute Gasteiger partial charge is 0.154 e. The van der Waals surface area contributed by atoms with Gasteiger partial charge in [-0.2, -0.15) is 0 Å². The van der Waals surface area contributed by atoms with Gasteiger partial charge in [0.15, 0.2) is 5.76 Å². The predicted molar refractivity (Wildman–Crippen MR) is 76.3 cm³/mol. The summed E-state index contributed by atoms with van der Waals surface area (Å²) in [4.78, 5) is 8.87. The molecule has 0 atom stereocenters. The first-order valence-electron chi connectivity index (χ1n) is 6.21. The van der Waals surface area contributed by atoms with Crippen molar-refractivity contribution < 1.29 is 4.42 Å². The molecule has 0 saturated carbocycles. The van der Waals surface area contributed by atoms with Gasteiger partial charge in [0.05, 0.1) is 0 Å². The summed E-state index contributed by atoms with van der Waals surface area (Å²) in [5.74, 6) is 2.34. The summed E-state index contributed by atoms with van der Waals surface area (Å²) in [6, 6.07) is 9.97. The van der Waals surface area contributed by atoms with Crippen molar-refractivity contribution in [1.29, 1.82) is 0 Å². The van der Waals surface area contributed by atoms with Crippen molar-refractivity contribution in [1.82, 2.24) is 9.97 Å². The molecule has 96 valence electrons. The molecule has 0 spiro atoms. The van der Waals surface area contributed by atoms with E-state index >= 15 is 0 Å². The molecule has 0 aliphatic carbocycles. The van der Waals surface area contributed by atoms with Crippen LogP contribution in [-0.4, -0.2) is 17.0 Å². The molecule has 0 unspecified atom stereocenters. The minimum absolute atomic E-state index is 0.727. The van der Waals surface area contributed by atoms with Crippen molar-refractivity contribution in [2.45, 2.75) is 13.8 Å². The summed E-state index contributed by atoms with van der Waals surface area (Å²) in [6.07, 6.45) is 0. The van der Waals surface area contributed by atoms with Crippen molar-refractivity contribution in [3.05, 3.63) is 41.7 Å². The minimum Gasteiger partial charge on any atom is -0.454 e. The van der Waals surface area contributed by atoms with E-state index in [1.54, 1.807) is 0 Å². The van der Waals surface area contributed by atoms with E-state index in [9.17, 15) is 0 Å². The van der Waals surface area contributed by atoms with Crippen molar-refractivity contribution in [3.8, 4) is 11.5 Å². The SMILES string of the molecule is CNc1nc(C)nc(-c2cc3ccccc3o2)c1C. The molecule has 3 rings (SSSR count). The zero-order chi connectivity index (χ0) is 13.4.